The second-order valence-corrected chi connectivity index (χ2v) is 8.53. The standard InChI is InChI=1S/C24H16Cl2N4O3/c1-11-3-6-14(7-4-11)30-22(26)18(12(2)29-30)19-16(10-27)23(28)33-21-15-9-13(25)5-8-17(15)32-24(31)20(19)21/h3-9,19H,28H2,1-2H3. The van der Waals surface area contributed by atoms with Gasteiger partial charge >= 0.3 is 5.63 Å². The molecule has 0 saturated carbocycles. The van der Waals surface area contributed by atoms with E-state index in [9.17, 15) is 10.1 Å². The van der Waals surface area contributed by atoms with E-state index < -0.39 is 11.5 Å². The first kappa shape index (κ1) is 21.1. The zero-order valence-corrected chi connectivity index (χ0v) is 19.0. The number of halogens is 2. The molecular weight excluding hydrogens is 463 g/mol. The Balaban J connectivity index is 1.82. The van der Waals surface area contributed by atoms with Crippen LogP contribution in [0.15, 0.2) is 63.1 Å². The minimum Gasteiger partial charge on any atom is -0.439 e. The van der Waals surface area contributed by atoms with Crippen LogP contribution in [-0.4, -0.2) is 9.78 Å². The van der Waals surface area contributed by atoms with Crippen molar-refractivity contribution in [3.05, 3.63) is 96.9 Å². The zero-order valence-electron chi connectivity index (χ0n) is 17.5. The van der Waals surface area contributed by atoms with Crippen LogP contribution in [0.2, 0.25) is 10.2 Å². The van der Waals surface area contributed by atoms with Crippen molar-refractivity contribution in [3.63, 3.8) is 0 Å². The van der Waals surface area contributed by atoms with Gasteiger partial charge in [0.1, 0.15) is 22.4 Å². The molecular formula is C24H16Cl2N4O3. The van der Waals surface area contributed by atoms with Gasteiger partial charge in [0.2, 0.25) is 5.88 Å². The number of aromatic nitrogens is 2. The minimum absolute atomic E-state index is 0.0460. The van der Waals surface area contributed by atoms with E-state index in [4.69, 9.17) is 38.1 Å². The maximum atomic E-state index is 13.1. The molecule has 2 N–H and O–H groups in total. The molecule has 1 unspecified atom stereocenters. The summed E-state index contributed by atoms with van der Waals surface area (Å²) in [6, 6.07) is 14.5. The lowest BCUT2D eigenvalue weighted by Crippen LogP contribution is -2.26. The molecule has 1 atom stereocenters. The van der Waals surface area contributed by atoms with Gasteiger partial charge in [-0.3, -0.25) is 0 Å². The first-order valence-corrected chi connectivity index (χ1v) is 10.7. The molecule has 0 spiro atoms. The lowest BCUT2D eigenvalue weighted by atomic mass is 9.84. The highest BCUT2D eigenvalue weighted by Crippen LogP contribution is 2.46. The van der Waals surface area contributed by atoms with Crippen LogP contribution < -0.4 is 16.1 Å². The predicted molar refractivity (Wildman–Crippen MR) is 125 cm³/mol. The van der Waals surface area contributed by atoms with Crippen molar-refractivity contribution < 1.29 is 9.15 Å². The molecule has 0 radical (unpaired) electrons. The van der Waals surface area contributed by atoms with Crippen LogP contribution in [0.25, 0.3) is 16.7 Å². The molecule has 33 heavy (non-hydrogen) atoms. The van der Waals surface area contributed by atoms with Crippen molar-refractivity contribution in [1.82, 2.24) is 9.78 Å². The molecule has 0 bridgehead atoms. The summed E-state index contributed by atoms with van der Waals surface area (Å²) in [4.78, 5) is 13.1. The van der Waals surface area contributed by atoms with E-state index in [-0.39, 0.29) is 33.5 Å². The molecule has 5 rings (SSSR count). The van der Waals surface area contributed by atoms with Gasteiger partial charge in [-0.1, -0.05) is 40.9 Å². The molecule has 9 heteroatoms. The SMILES string of the molecule is Cc1ccc(-n2nc(C)c(C3C(C#N)=C(N)Oc4c3c(=O)oc3ccc(Cl)cc43)c2Cl)cc1. The summed E-state index contributed by atoms with van der Waals surface area (Å²) < 4.78 is 12.9. The van der Waals surface area contributed by atoms with E-state index in [1.165, 1.54) is 0 Å². The van der Waals surface area contributed by atoms with Crippen molar-refractivity contribution in [2.24, 2.45) is 5.73 Å². The van der Waals surface area contributed by atoms with Crippen molar-refractivity contribution >= 4 is 34.2 Å². The van der Waals surface area contributed by atoms with E-state index in [1.54, 1.807) is 29.8 Å². The predicted octanol–water partition coefficient (Wildman–Crippen LogP) is 5.12. The maximum absolute atomic E-state index is 13.1. The Morgan fingerprint density at radius 1 is 1.12 bits per heavy atom. The van der Waals surface area contributed by atoms with Crippen LogP contribution in [-0.2, 0) is 0 Å². The molecule has 2 aromatic carbocycles. The summed E-state index contributed by atoms with van der Waals surface area (Å²) in [5.41, 5.74) is 8.75. The van der Waals surface area contributed by atoms with Crippen molar-refractivity contribution in [3.8, 4) is 17.5 Å². The lowest BCUT2D eigenvalue weighted by Gasteiger charge is -2.25. The van der Waals surface area contributed by atoms with E-state index in [0.717, 1.165) is 11.3 Å². The fraction of sp³-hybridized carbons (Fsp3) is 0.125. The molecule has 0 saturated heterocycles. The Bertz CT molecular complexity index is 1580. The third-order valence-corrected chi connectivity index (χ3v) is 6.24. The third-order valence-electron chi connectivity index (χ3n) is 5.64. The van der Waals surface area contributed by atoms with Gasteiger partial charge in [-0.05, 0) is 44.2 Å². The lowest BCUT2D eigenvalue weighted by molar-refractivity contribution is 0.388. The van der Waals surface area contributed by atoms with Crippen LogP contribution in [0.3, 0.4) is 0 Å². The Labute approximate surface area is 198 Å². The number of rotatable bonds is 2. The van der Waals surface area contributed by atoms with Gasteiger partial charge in [0.25, 0.3) is 0 Å². The first-order valence-electron chi connectivity index (χ1n) is 9.96. The van der Waals surface area contributed by atoms with Crippen LogP contribution in [0.5, 0.6) is 5.75 Å². The summed E-state index contributed by atoms with van der Waals surface area (Å²) in [7, 11) is 0. The summed E-state index contributed by atoms with van der Waals surface area (Å²) in [6.45, 7) is 3.73. The highest BCUT2D eigenvalue weighted by molar-refractivity contribution is 6.31. The number of hydrogen-bond acceptors (Lipinski definition) is 6. The highest BCUT2D eigenvalue weighted by Gasteiger charge is 2.39. The number of nitrogens with two attached hydrogens (primary N) is 1. The molecule has 0 fully saturated rings. The molecule has 3 heterocycles. The highest BCUT2D eigenvalue weighted by atomic mass is 35.5. The number of benzene rings is 2. The smallest absolute Gasteiger partial charge is 0.344 e. The van der Waals surface area contributed by atoms with Crippen molar-refractivity contribution in [1.29, 1.82) is 5.26 Å². The molecule has 4 aromatic rings. The van der Waals surface area contributed by atoms with E-state index in [1.807, 2.05) is 31.2 Å². The van der Waals surface area contributed by atoms with Gasteiger partial charge < -0.3 is 14.9 Å². The second kappa shape index (κ2) is 7.69. The summed E-state index contributed by atoms with van der Waals surface area (Å²) in [6.07, 6.45) is 0. The van der Waals surface area contributed by atoms with Gasteiger partial charge in [-0.25, -0.2) is 9.48 Å². The minimum atomic E-state index is -0.926. The molecule has 0 amide bonds. The number of ether oxygens (including phenoxy) is 1. The van der Waals surface area contributed by atoms with Gasteiger partial charge in [0.05, 0.1) is 28.2 Å². The number of hydrogen-bond donors (Lipinski definition) is 1. The van der Waals surface area contributed by atoms with Gasteiger partial charge in [0.15, 0.2) is 5.75 Å². The molecule has 0 aliphatic carbocycles. The van der Waals surface area contributed by atoms with Gasteiger partial charge in [-0.2, -0.15) is 10.4 Å². The largest absolute Gasteiger partial charge is 0.439 e. The Hall–Kier alpha value is -3.73. The number of aryl methyl sites for hydroxylation is 2. The number of nitrogens with zero attached hydrogens (tertiary/aromatic N) is 3. The fourth-order valence-corrected chi connectivity index (χ4v) is 4.63. The Morgan fingerprint density at radius 2 is 1.85 bits per heavy atom. The van der Waals surface area contributed by atoms with E-state index in [0.29, 0.717) is 21.7 Å². The van der Waals surface area contributed by atoms with Crippen LogP contribution in [0, 0.1) is 25.2 Å². The van der Waals surface area contributed by atoms with Gasteiger partial charge in [-0.15, -0.1) is 0 Å². The molecule has 164 valence electrons. The fourth-order valence-electron chi connectivity index (χ4n) is 4.08. The average Bonchev–Trinajstić information content (AvgIpc) is 3.07. The van der Waals surface area contributed by atoms with Crippen molar-refractivity contribution in [2.75, 3.05) is 0 Å². The molecule has 2 aromatic heterocycles. The second-order valence-electron chi connectivity index (χ2n) is 7.73. The average molecular weight is 479 g/mol. The Kier molecular flexibility index (Phi) is 4.93. The van der Waals surface area contributed by atoms with Crippen LogP contribution in [0.1, 0.15) is 28.3 Å². The number of allylic oxidation sites excluding steroid dienone is 1. The number of nitriles is 1. The molecule has 1 aliphatic heterocycles. The van der Waals surface area contributed by atoms with Crippen molar-refractivity contribution in [2.45, 2.75) is 19.8 Å². The maximum Gasteiger partial charge on any atom is 0.344 e. The van der Waals surface area contributed by atoms with Crippen LogP contribution in [0.4, 0.5) is 0 Å². The monoisotopic (exact) mass is 478 g/mol. The summed E-state index contributed by atoms with van der Waals surface area (Å²) >= 11 is 13.0. The number of fused-ring (bicyclic) bond motifs is 3. The normalized spacial score (nSPS) is 15.3. The third kappa shape index (κ3) is 3.27. The Morgan fingerprint density at radius 3 is 2.55 bits per heavy atom. The quantitative estimate of drug-likeness (QED) is 0.400. The summed E-state index contributed by atoms with van der Waals surface area (Å²) in [5.74, 6) is -0.866. The topological polar surface area (TPSA) is 107 Å². The zero-order chi connectivity index (χ0) is 23.4. The van der Waals surface area contributed by atoms with E-state index >= 15 is 0 Å². The van der Waals surface area contributed by atoms with Gasteiger partial charge in [0, 0.05) is 10.6 Å². The molecule has 1 aliphatic rings. The first-order chi connectivity index (χ1) is 15.8. The van der Waals surface area contributed by atoms with Crippen LogP contribution >= 0.6 is 23.2 Å². The van der Waals surface area contributed by atoms with E-state index in [2.05, 4.69) is 11.2 Å². The molecule has 7 nitrogen and oxygen atoms in total. The summed E-state index contributed by atoms with van der Waals surface area (Å²) in [5, 5.41) is 15.6.